The quantitative estimate of drug-likeness (QED) is 0.577. The molecule has 4 heteroatoms. The number of Topliss-reactive ketones (excluding diaryl/α,β-unsaturated/α-hetero) is 1. The van der Waals surface area contributed by atoms with E-state index in [2.05, 4.69) is 4.40 Å². The van der Waals surface area contributed by atoms with Crippen LogP contribution in [0.1, 0.15) is 19.3 Å². The largest absolute Gasteiger partial charge is 0.293 e. The molecule has 0 amide bonds. The molecule has 1 heterocycles. The van der Waals surface area contributed by atoms with Gasteiger partial charge in [0.2, 0.25) is 0 Å². The zero-order valence-electron chi connectivity index (χ0n) is 7.03. The molecule has 0 bridgehead atoms. The van der Waals surface area contributed by atoms with Crippen LogP contribution in [0.25, 0.3) is 0 Å². The summed E-state index contributed by atoms with van der Waals surface area (Å²) < 4.78 is 4.16. The fraction of sp³-hybridized carbons (Fsp3) is 0.556. The van der Waals surface area contributed by atoms with Crippen LogP contribution < -0.4 is 0 Å². The summed E-state index contributed by atoms with van der Waals surface area (Å²) in [5, 5.41) is 0. The Morgan fingerprint density at radius 3 is 3.15 bits per heavy atom. The Morgan fingerprint density at radius 1 is 1.38 bits per heavy atom. The first kappa shape index (κ1) is 8.12. The van der Waals surface area contributed by atoms with Crippen molar-refractivity contribution in [1.82, 2.24) is 0 Å². The highest BCUT2D eigenvalue weighted by Crippen LogP contribution is 2.53. The van der Waals surface area contributed by atoms with Gasteiger partial charge in [0.25, 0.3) is 0 Å². The maximum absolute atomic E-state index is 11.9. The van der Waals surface area contributed by atoms with Crippen LogP contribution in [-0.4, -0.2) is 11.3 Å². The highest BCUT2D eigenvalue weighted by molar-refractivity contribution is 8.19. The number of nitrogens with zero attached hydrogens (tertiary/aromatic N) is 1. The van der Waals surface area contributed by atoms with Crippen molar-refractivity contribution >= 4 is 35.0 Å². The van der Waals surface area contributed by atoms with Gasteiger partial charge in [0.1, 0.15) is 0 Å². The second-order valence-electron chi connectivity index (χ2n) is 3.62. The van der Waals surface area contributed by atoms with Crippen LogP contribution in [0.5, 0.6) is 0 Å². The molecule has 0 saturated heterocycles. The first-order chi connectivity index (χ1) is 6.38. The molecular formula is C9H9NOS2. The maximum Gasteiger partial charge on any atom is 0.174 e. The van der Waals surface area contributed by atoms with Gasteiger partial charge >= 0.3 is 0 Å². The Hall–Kier alpha value is -0.220. The third-order valence-electron chi connectivity index (χ3n) is 3.00. The van der Waals surface area contributed by atoms with Crippen molar-refractivity contribution in [2.24, 2.45) is 16.2 Å². The molecule has 68 valence electrons. The Morgan fingerprint density at radius 2 is 2.23 bits per heavy atom. The molecule has 2 unspecified atom stereocenters. The molecular weight excluding hydrogens is 202 g/mol. The first-order valence-corrected chi connectivity index (χ1v) is 6.17. The van der Waals surface area contributed by atoms with Crippen LogP contribution >= 0.6 is 23.7 Å². The van der Waals surface area contributed by atoms with Crippen molar-refractivity contribution in [3.8, 4) is 0 Å². The Bertz CT molecular complexity index is 335. The van der Waals surface area contributed by atoms with Crippen molar-refractivity contribution < 1.29 is 4.79 Å². The number of ketones is 1. The van der Waals surface area contributed by atoms with E-state index in [1.807, 2.05) is 0 Å². The van der Waals surface area contributed by atoms with E-state index in [1.165, 1.54) is 41.5 Å². The molecule has 3 aliphatic rings. The lowest BCUT2D eigenvalue weighted by Gasteiger charge is -2.10. The number of allylic oxidation sites excluding steroid dienone is 2. The molecule has 2 nitrogen and oxygen atoms in total. The van der Waals surface area contributed by atoms with E-state index < -0.39 is 0 Å². The molecule has 2 aliphatic carbocycles. The van der Waals surface area contributed by atoms with Gasteiger partial charge in [0.05, 0.1) is 10.5 Å². The molecule has 0 aromatic heterocycles. The van der Waals surface area contributed by atoms with Crippen molar-refractivity contribution in [1.29, 1.82) is 0 Å². The van der Waals surface area contributed by atoms with Gasteiger partial charge in [-0.25, -0.2) is 4.40 Å². The molecule has 1 fully saturated rings. The highest BCUT2D eigenvalue weighted by atomic mass is 32.2. The van der Waals surface area contributed by atoms with Crippen molar-refractivity contribution in [2.75, 3.05) is 0 Å². The fourth-order valence-corrected chi connectivity index (χ4v) is 4.38. The molecule has 0 aromatic rings. The topological polar surface area (TPSA) is 29.4 Å². The van der Waals surface area contributed by atoms with E-state index in [0.29, 0.717) is 17.6 Å². The van der Waals surface area contributed by atoms with E-state index in [0.717, 1.165) is 11.3 Å². The van der Waals surface area contributed by atoms with Crippen molar-refractivity contribution in [3.63, 3.8) is 0 Å². The van der Waals surface area contributed by atoms with E-state index in [4.69, 9.17) is 0 Å². The number of thioether (sulfide) groups is 1. The van der Waals surface area contributed by atoms with E-state index in [9.17, 15) is 4.79 Å². The summed E-state index contributed by atoms with van der Waals surface area (Å²) >= 11 is 3.04. The predicted octanol–water partition coefficient (Wildman–Crippen LogP) is 2.62. The molecule has 1 aliphatic heterocycles. The van der Waals surface area contributed by atoms with Crippen molar-refractivity contribution in [2.45, 2.75) is 19.3 Å². The summed E-state index contributed by atoms with van der Waals surface area (Å²) in [6.07, 6.45) is 3.50. The van der Waals surface area contributed by atoms with Gasteiger partial charge in [-0.05, 0) is 12.8 Å². The van der Waals surface area contributed by atoms with Gasteiger partial charge in [0, 0.05) is 28.7 Å². The second kappa shape index (κ2) is 2.89. The number of carbonyl (C=O) groups is 1. The molecule has 13 heavy (non-hydrogen) atoms. The molecule has 3 rings (SSSR count). The van der Waals surface area contributed by atoms with Gasteiger partial charge in [-0.15, -0.1) is 0 Å². The van der Waals surface area contributed by atoms with Gasteiger partial charge < -0.3 is 0 Å². The summed E-state index contributed by atoms with van der Waals surface area (Å²) in [5.74, 6) is 1.23. The summed E-state index contributed by atoms with van der Waals surface area (Å²) in [4.78, 5) is 14.1. The average molecular weight is 211 g/mol. The van der Waals surface area contributed by atoms with E-state index in [1.54, 1.807) is 5.55 Å². The van der Waals surface area contributed by atoms with Gasteiger partial charge in [-0.3, -0.25) is 4.79 Å². The minimum Gasteiger partial charge on any atom is -0.293 e. The summed E-state index contributed by atoms with van der Waals surface area (Å²) in [5.41, 5.74) is 1.78. The zero-order chi connectivity index (χ0) is 8.84. The molecule has 0 spiro atoms. The van der Waals surface area contributed by atoms with Gasteiger partial charge in [0.15, 0.2) is 5.78 Å². The molecule has 0 radical (unpaired) electrons. The van der Waals surface area contributed by atoms with Gasteiger partial charge in [-0.1, -0.05) is 18.2 Å². The Labute approximate surface area is 85.4 Å². The highest BCUT2D eigenvalue weighted by Gasteiger charge is 2.45. The molecule has 0 N–H and O–H groups in total. The minimum atomic E-state index is 0.312. The zero-order valence-corrected chi connectivity index (χ0v) is 8.66. The molecule has 0 aromatic carbocycles. The Kier molecular flexibility index (Phi) is 1.80. The van der Waals surface area contributed by atoms with E-state index >= 15 is 0 Å². The van der Waals surface area contributed by atoms with Crippen molar-refractivity contribution in [3.05, 3.63) is 9.81 Å². The standard InChI is InChI=1S/C9H9NOS2/c11-7-5-2-1-3-6(5)8-9(7)12-4-10-13-8/h4-6H,1-3H2. The number of carbonyl (C=O) groups excluding carboxylic acids is 1. The third-order valence-corrected chi connectivity index (χ3v) is 5.05. The maximum atomic E-state index is 11.9. The lowest BCUT2D eigenvalue weighted by atomic mass is 9.99. The van der Waals surface area contributed by atoms with Crippen LogP contribution in [0, 0.1) is 11.8 Å². The lowest BCUT2D eigenvalue weighted by molar-refractivity contribution is -0.118. The third kappa shape index (κ3) is 1.05. The van der Waals surface area contributed by atoms with Gasteiger partial charge in [-0.2, -0.15) is 0 Å². The second-order valence-corrected chi connectivity index (χ2v) is 5.31. The summed E-state index contributed by atoms with van der Waals surface area (Å²) in [6.45, 7) is 0. The van der Waals surface area contributed by atoms with Crippen LogP contribution in [-0.2, 0) is 4.79 Å². The normalized spacial score (nSPS) is 36.8. The number of rotatable bonds is 0. The van der Waals surface area contributed by atoms with Crippen LogP contribution in [0.2, 0.25) is 0 Å². The van der Waals surface area contributed by atoms with Crippen LogP contribution in [0.3, 0.4) is 0 Å². The fourth-order valence-electron chi connectivity index (χ4n) is 2.42. The summed E-state index contributed by atoms with van der Waals surface area (Å²) in [6, 6.07) is 0. The number of hydrogen-bond acceptors (Lipinski definition) is 4. The summed E-state index contributed by atoms with van der Waals surface area (Å²) in [7, 11) is 0. The van der Waals surface area contributed by atoms with E-state index in [-0.39, 0.29) is 0 Å². The lowest BCUT2D eigenvalue weighted by Crippen LogP contribution is -2.10. The SMILES string of the molecule is O=C1C2=C(SN=CS2)C2CCCC12. The monoisotopic (exact) mass is 211 g/mol. The number of hydrogen-bond donors (Lipinski definition) is 0. The van der Waals surface area contributed by atoms with Crippen LogP contribution in [0.15, 0.2) is 14.2 Å². The smallest absolute Gasteiger partial charge is 0.174 e. The van der Waals surface area contributed by atoms with Crippen LogP contribution in [0.4, 0.5) is 0 Å². The Balaban J connectivity index is 2.02. The molecule has 1 saturated carbocycles. The minimum absolute atomic E-state index is 0.312. The number of fused-ring (bicyclic) bond motifs is 2. The molecule has 2 atom stereocenters. The average Bonchev–Trinajstić information content (AvgIpc) is 2.72. The first-order valence-electron chi connectivity index (χ1n) is 4.52. The predicted molar refractivity (Wildman–Crippen MR) is 56.5 cm³/mol.